The topological polar surface area (TPSA) is 51.2 Å². The minimum atomic E-state index is -0.455. The van der Waals surface area contributed by atoms with Gasteiger partial charge in [0.2, 0.25) is 0 Å². The fourth-order valence-corrected chi connectivity index (χ4v) is 4.04. The number of hydrogen-bond acceptors (Lipinski definition) is 5. The summed E-state index contributed by atoms with van der Waals surface area (Å²) in [5.74, 6) is 1.61. The highest BCUT2D eigenvalue weighted by atomic mass is 16.5. The summed E-state index contributed by atoms with van der Waals surface area (Å²) in [5, 5.41) is 10.7. The van der Waals surface area contributed by atoms with Gasteiger partial charge >= 0.3 is 0 Å². The van der Waals surface area contributed by atoms with Gasteiger partial charge in [0.15, 0.2) is 11.5 Å². The summed E-state index contributed by atoms with van der Waals surface area (Å²) in [6.07, 6.45) is 2.05. The third-order valence-electron chi connectivity index (χ3n) is 5.17. The Balaban J connectivity index is 1.83. The van der Waals surface area contributed by atoms with E-state index in [0.717, 1.165) is 37.4 Å². The van der Waals surface area contributed by atoms with E-state index in [9.17, 15) is 5.11 Å². The normalized spacial score (nSPS) is 26.2. The molecule has 0 amide bonds. The highest BCUT2D eigenvalue weighted by molar-refractivity contribution is 5.49. The van der Waals surface area contributed by atoms with Crippen LogP contribution < -0.4 is 9.47 Å². The van der Waals surface area contributed by atoms with Crippen LogP contribution in [0, 0.1) is 0 Å². The van der Waals surface area contributed by atoms with Gasteiger partial charge in [-0.3, -0.25) is 4.90 Å². The lowest BCUT2D eigenvalue weighted by molar-refractivity contribution is -0.149. The Morgan fingerprint density at radius 3 is 2.65 bits per heavy atom. The lowest BCUT2D eigenvalue weighted by Crippen LogP contribution is -2.53. The maximum absolute atomic E-state index is 10.7. The lowest BCUT2D eigenvalue weighted by atomic mass is 9.84. The number of methoxy groups -OCH3 is 1. The molecule has 1 aromatic rings. The molecule has 3 rings (SSSR count). The van der Waals surface area contributed by atoms with Gasteiger partial charge in [-0.2, -0.15) is 0 Å². The molecule has 2 heterocycles. The number of rotatable bonds is 5. The van der Waals surface area contributed by atoms with Crippen LogP contribution in [-0.4, -0.2) is 54.6 Å². The first-order chi connectivity index (χ1) is 12.3. The second-order valence-electron chi connectivity index (χ2n) is 8.38. The number of fused-ring (bicyclic) bond motifs is 3. The molecular weight excluding hydrogens is 330 g/mol. The van der Waals surface area contributed by atoms with Crippen LogP contribution in [0.2, 0.25) is 0 Å². The van der Waals surface area contributed by atoms with Gasteiger partial charge in [0.05, 0.1) is 31.5 Å². The highest BCUT2D eigenvalue weighted by Gasteiger charge is 2.40. The summed E-state index contributed by atoms with van der Waals surface area (Å²) in [5.41, 5.74) is 2.31. The van der Waals surface area contributed by atoms with Gasteiger partial charge in [-0.15, -0.1) is 0 Å². The quantitative estimate of drug-likeness (QED) is 0.870. The molecule has 1 N–H and O–H groups in total. The zero-order chi connectivity index (χ0) is 18.9. The fraction of sp³-hybridized carbons (Fsp3) is 0.714. The van der Waals surface area contributed by atoms with E-state index in [4.69, 9.17) is 14.2 Å². The first kappa shape index (κ1) is 19.5. The average molecular weight is 363 g/mol. The number of aliphatic hydroxyl groups excluding tert-OH is 1. The maximum atomic E-state index is 10.7. The van der Waals surface area contributed by atoms with E-state index in [0.29, 0.717) is 13.0 Å². The molecule has 0 aliphatic carbocycles. The molecule has 3 atom stereocenters. The van der Waals surface area contributed by atoms with Crippen molar-refractivity contribution in [3.63, 3.8) is 0 Å². The number of aliphatic hydroxyl groups is 1. The average Bonchev–Trinajstić information content (AvgIpc) is 2.58. The van der Waals surface area contributed by atoms with Gasteiger partial charge < -0.3 is 19.3 Å². The van der Waals surface area contributed by atoms with Crippen LogP contribution in [0.4, 0.5) is 0 Å². The molecule has 0 spiro atoms. The molecule has 0 saturated carbocycles. The lowest BCUT2D eigenvalue weighted by Gasteiger charge is -2.46. The number of ether oxygens (including phenoxy) is 3. The first-order valence-corrected chi connectivity index (χ1v) is 9.76. The van der Waals surface area contributed by atoms with Crippen molar-refractivity contribution in [2.24, 2.45) is 0 Å². The predicted molar refractivity (Wildman–Crippen MR) is 102 cm³/mol. The number of nitrogens with zero attached hydrogens (tertiary/aromatic N) is 1. The molecule has 0 bridgehead atoms. The van der Waals surface area contributed by atoms with Crippen LogP contribution in [0.15, 0.2) is 12.1 Å². The Morgan fingerprint density at radius 2 is 2.00 bits per heavy atom. The Morgan fingerprint density at radius 1 is 1.23 bits per heavy atom. The number of benzene rings is 1. The molecule has 3 unspecified atom stereocenters. The van der Waals surface area contributed by atoms with Crippen LogP contribution in [0.5, 0.6) is 11.5 Å². The molecular formula is C21H33NO4. The Labute approximate surface area is 157 Å². The van der Waals surface area contributed by atoms with E-state index in [1.165, 1.54) is 11.1 Å². The molecule has 0 radical (unpaired) electrons. The van der Waals surface area contributed by atoms with Crippen LogP contribution in [0.1, 0.15) is 57.7 Å². The van der Waals surface area contributed by atoms with E-state index in [1.807, 2.05) is 20.8 Å². The zero-order valence-corrected chi connectivity index (χ0v) is 16.7. The van der Waals surface area contributed by atoms with Crippen molar-refractivity contribution in [3.8, 4) is 11.5 Å². The summed E-state index contributed by atoms with van der Waals surface area (Å²) >= 11 is 0. The van der Waals surface area contributed by atoms with Crippen molar-refractivity contribution in [1.29, 1.82) is 0 Å². The fourth-order valence-electron chi connectivity index (χ4n) is 4.04. The summed E-state index contributed by atoms with van der Waals surface area (Å²) in [7, 11) is 1.68. The Bertz CT molecular complexity index is 625. The number of piperidine rings is 1. The van der Waals surface area contributed by atoms with Crippen LogP contribution >= 0.6 is 0 Å². The monoisotopic (exact) mass is 363 g/mol. The van der Waals surface area contributed by atoms with E-state index in [-0.39, 0.29) is 17.7 Å². The van der Waals surface area contributed by atoms with E-state index < -0.39 is 6.10 Å². The second-order valence-corrected chi connectivity index (χ2v) is 8.38. The van der Waals surface area contributed by atoms with Crippen molar-refractivity contribution >= 4 is 0 Å². The largest absolute Gasteiger partial charge is 0.493 e. The third kappa shape index (κ3) is 4.16. The molecule has 1 saturated heterocycles. The summed E-state index contributed by atoms with van der Waals surface area (Å²) in [6.45, 7) is 10.7. The van der Waals surface area contributed by atoms with E-state index >= 15 is 0 Å². The summed E-state index contributed by atoms with van der Waals surface area (Å²) in [6, 6.07) is 4.45. The van der Waals surface area contributed by atoms with Crippen LogP contribution in [0.25, 0.3) is 0 Å². The standard InChI is InChI=1S/C21H33NO4/c1-6-9-25-19-10-14-7-8-22-13-20(26-21(2,3)4)17(23)12-16(22)15(14)11-18(19)24-5/h10-11,16-17,20,23H,6-9,12-13H2,1-5H3. The minimum Gasteiger partial charge on any atom is -0.493 e. The molecule has 1 fully saturated rings. The smallest absolute Gasteiger partial charge is 0.161 e. The molecule has 1 aromatic carbocycles. The molecule has 26 heavy (non-hydrogen) atoms. The van der Waals surface area contributed by atoms with Crippen molar-refractivity contribution in [1.82, 2.24) is 4.90 Å². The van der Waals surface area contributed by atoms with E-state index in [1.54, 1.807) is 7.11 Å². The molecule has 2 aliphatic heterocycles. The van der Waals surface area contributed by atoms with Crippen molar-refractivity contribution in [3.05, 3.63) is 23.3 Å². The van der Waals surface area contributed by atoms with Crippen molar-refractivity contribution < 1.29 is 19.3 Å². The van der Waals surface area contributed by atoms with Gasteiger partial charge in [-0.25, -0.2) is 0 Å². The summed E-state index contributed by atoms with van der Waals surface area (Å²) < 4.78 is 17.5. The van der Waals surface area contributed by atoms with Crippen LogP contribution in [-0.2, 0) is 11.2 Å². The first-order valence-electron chi connectivity index (χ1n) is 9.76. The third-order valence-corrected chi connectivity index (χ3v) is 5.17. The molecule has 0 aromatic heterocycles. The van der Waals surface area contributed by atoms with Crippen molar-refractivity contribution in [2.75, 3.05) is 26.8 Å². The Kier molecular flexibility index (Phi) is 5.80. The summed E-state index contributed by atoms with van der Waals surface area (Å²) in [4.78, 5) is 2.44. The van der Waals surface area contributed by atoms with Gasteiger partial charge in [-0.05, 0) is 63.3 Å². The molecule has 5 nitrogen and oxygen atoms in total. The van der Waals surface area contributed by atoms with Gasteiger partial charge in [0, 0.05) is 19.1 Å². The minimum absolute atomic E-state index is 0.137. The molecule has 2 aliphatic rings. The predicted octanol–water partition coefficient (Wildman–Crippen LogP) is 3.33. The molecule has 5 heteroatoms. The second kappa shape index (κ2) is 7.75. The molecule has 146 valence electrons. The Hall–Kier alpha value is -1.30. The van der Waals surface area contributed by atoms with Gasteiger partial charge in [0.25, 0.3) is 0 Å². The van der Waals surface area contributed by atoms with Crippen molar-refractivity contribution in [2.45, 2.75) is 70.8 Å². The highest BCUT2D eigenvalue weighted by Crippen LogP contribution is 2.42. The SMILES string of the molecule is CCCOc1cc2c(cc1OC)C1CC(O)C(OC(C)(C)C)CN1CC2. The van der Waals surface area contributed by atoms with Gasteiger partial charge in [0.1, 0.15) is 0 Å². The number of hydrogen-bond donors (Lipinski definition) is 1. The zero-order valence-electron chi connectivity index (χ0n) is 16.7. The maximum Gasteiger partial charge on any atom is 0.161 e. The van der Waals surface area contributed by atoms with Crippen LogP contribution in [0.3, 0.4) is 0 Å². The van der Waals surface area contributed by atoms with Gasteiger partial charge in [-0.1, -0.05) is 6.92 Å². The van der Waals surface area contributed by atoms with E-state index in [2.05, 4.69) is 24.0 Å².